The molecule has 1 aromatic heterocycles. The summed E-state index contributed by atoms with van der Waals surface area (Å²) in [4.78, 5) is 11.3. The molecular formula is C24H30IN5O. The van der Waals surface area contributed by atoms with Crippen LogP contribution in [0.2, 0.25) is 0 Å². The number of pyridine rings is 1. The van der Waals surface area contributed by atoms with Crippen molar-refractivity contribution < 1.29 is 4.74 Å². The van der Waals surface area contributed by atoms with E-state index in [2.05, 4.69) is 61.9 Å². The molecule has 3 aromatic rings. The second-order valence-electron chi connectivity index (χ2n) is 7.42. The molecule has 1 aliphatic rings. The number of nitrogens with zero attached hydrogens (tertiary/aromatic N) is 3. The third kappa shape index (κ3) is 6.38. The lowest BCUT2D eigenvalue weighted by Gasteiger charge is -2.27. The van der Waals surface area contributed by atoms with E-state index in [0.29, 0.717) is 6.54 Å². The lowest BCUT2D eigenvalue weighted by Crippen LogP contribution is -2.37. The van der Waals surface area contributed by atoms with Crippen molar-refractivity contribution in [3.05, 3.63) is 77.5 Å². The van der Waals surface area contributed by atoms with Crippen LogP contribution in [-0.2, 0) is 24.4 Å². The summed E-state index contributed by atoms with van der Waals surface area (Å²) in [5.41, 5.74) is 4.86. The van der Waals surface area contributed by atoms with Gasteiger partial charge in [-0.1, -0.05) is 42.5 Å². The zero-order chi connectivity index (χ0) is 20.6. The fourth-order valence-corrected chi connectivity index (χ4v) is 3.77. The summed E-state index contributed by atoms with van der Waals surface area (Å²) >= 11 is 0. The average Bonchev–Trinajstić information content (AvgIpc) is 2.81. The van der Waals surface area contributed by atoms with Gasteiger partial charge in [0.15, 0.2) is 5.96 Å². The zero-order valence-corrected chi connectivity index (χ0v) is 20.2. The topological polar surface area (TPSA) is 61.8 Å². The van der Waals surface area contributed by atoms with Crippen LogP contribution < -0.4 is 10.6 Å². The predicted octanol–water partition coefficient (Wildman–Crippen LogP) is 3.55. The van der Waals surface area contributed by atoms with Crippen LogP contribution in [0.15, 0.2) is 65.8 Å². The number of aliphatic imine (C=N–C) groups is 1. The lowest BCUT2D eigenvalue weighted by molar-refractivity contribution is 0.0341. The molecule has 1 saturated heterocycles. The molecule has 0 radical (unpaired) electrons. The number of benzene rings is 2. The molecular weight excluding hydrogens is 501 g/mol. The number of nitrogens with one attached hydrogen (secondary N) is 2. The molecule has 4 rings (SSSR count). The van der Waals surface area contributed by atoms with Gasteiger partial charge in [-0.25, -0.2) is 0 Å². The first-order valence-electron chi connectivity index (χ1n) is 10.5. The van der Waals surface area contributed by atoms with Gasteiger partial charge in [-0.05, 0) is 28.8 Å². The Morgan fingerprint density at radius 1 is 0.935 bits per heavy atom. The van der Waals surface area contributed by atoms with Crippen LogP contribution >= 0.6 is 24.0 Å². The molecule has 0 atom stereocenters. The van der Waals surface area contributed by atoms with Crippen LogP contribution in [0.1, 0.15) is 16.7 Å². The van der Waals surface area contributed by atoms with Crippen LogP contribution in [0.5, 0.6) is 0 Å². The highest BCUT2D eigenvalue weighted by Crippen LogP contribution is 2.16. The molecule has 2 N–H and O–H groups in total. The number of fused-ring (bicyclic) bond motifs is 1. The Balaban J connectivity index is 0.00000272. The molecule has 0 spiro atoms. The fraction of sp³-hybridized carbons (Fsp3) is 0.333. The Labute approximate surface area is 201 Å². The standard InChI is InChI=1S/C24H29N5O.HI/c1-25-24(28-17-20-10-11-26-23-9-5-4-8-22(20)23)27-16-19-6-2-3-7-21(19)18-29-12-14-30-15-13-29;/h2-11H,12-18H2,1H3,(H2,25,27,28);1H. The van der Waals surface area contributed by atoms with E-state index < -0.39 is 0 Å². The first kappa shape index (κ1) is 23.4. The number of morpholine rings is 1. The van der Waals surface area contributed by atoms with Gasteiger partial charge in [-0.3, -0.25) is 14.9 Å². The van der Waals surface area contributed by atoms with Crippen molar-refractivity contribution >= 4 is 40.8 Å². The highest BCUT2D eigenvalue weighted by Gasteiger charge is 2.13. The van der Waals surface area contributed by atoms with E-state index in [1.807, 2.05) is 24.4 Å². The van der Waals surface area contributed by atoms with Crippen molar-refractivity contribution in [3.8, 4) is 0 Å². The third-order valence-electron chi connectivity index (χ3n) is 5.47. The highest BCUT2D eigenvalue weighted by molar-refractivity contribution is 14.0. The van der Waals surface area contributed by atoms with Crippen molar-refractivity contribution in [3.63, 3.8) is 0 Å². The van der Waals surface area contributed by atoms with E-state index in [-0.39, 0.29) is 24.0 Å². The number of hydrogen-bond donors (Lipinski definition) is 2. The summed E-state index contributed by atoms with van der Waals surface area (Å²) in [6.45, 7) is 6.00. The first-order chi connectivity index (χ1) is 14.8. The maximum atomic E-state index is 5.47. The van der Waals surface area contributed by atoms with E-state index in [1.165, 1.54) is 22.1 Å². The number of rotatable bonds is 6. The molecule has 164 valence electrons. The van der Waals surface area contributed by atoms with Crippen molar-refractivity contribution in [1.82, 2.24) is 20.5 Å². The SMILES string of the molecule is CN=C(NCc1ccccc1CN1CCOCC1)NCc1ccnc2ccccc12.I. The summed E-state index contributed by atoms with van der Waals surface area (Å²) in [6.07, 6.45) is 1.86. The molecule has 6 nitrogen and oxygen atoms in total. The van der Waals surface area contributed by atoms with Gasteiger partial charge < -0.3 is 15.4 Å². The predicted molar refractivity (Wildman–Crippen MR) is 137 cm³/mol. The summed E-state index contributed by atoms with van der Waals surface area (Å²) in [6, 6.07) is 18.9. The molecule has 2 heterocycles. The van der Waals surface area contributed by atoms with Crippen LogP contribution in [0.25, 0.3) is 10.9 Å². The summed E-state index contributed by atoms with van der Waals surface area (Å²) in [5, 5.41) is 8.06. The van der Waals surface area contributed by atoms with E-state index >= 15 is 0 Å². The van der Waals surface area contributed by atoms with Crippen LogP contribution in [0.4, 0.5) is 0 Å². The number of aromatic nitrogens is 1. The van der Waals surface area contributed by atoms with Gasteiger partial charge in [0.2, 0.25) is 0 Å². The molecule has 2 aromatic carbocycles. The van der Waals surface area contributed by atoms with Gasteiger partial charge in [0.1, 0.15) is 0 Å². The van der Waals surface area contributed by atoms with Crippen molar-refractivity contribution in [2.24, 2.45) is 4.99 Å². The third-order valence-corrected chi connectivity index (χ3v) is 5.47. The molecule has 0 unspecified atom stereocenters. The van der Waals surface area contributed by atoms with E-state index in [9.17, 15) is 0 Å². The smallest absolute Gasteiger partial charge is 0.191 e. The number of ether oxygens (including phenoxy) is 1. The largest absolute Gasteiger partial charge is 0.379 e. The second kappa shape index (κ2) is 12.0. The quantitative estimate of drug-likeness (QED) is 0.290. The zero-order valence-electron chi connectivity index (χ0n) is 17.9. The number of para-hydroxylation sites is 1. The van der Waals surface area contributed by atoms with Gasteiger partial charge in [0, 0.05) is 51.4 Å². The average molecular weight is 531 g/mol. The van der Waals surface area contributed by atoms with E-state index in [4.69, 9.17) is 4.74 Å². The molecule has 1 aliphatic heterocycles. The normalized spacial score (nSPS) is 14.8. The van der Waals surface area contributed by atoms with E-state index in [0.717, 1.165) is 50.9 Å². The first-order valence-corrected chi connectivity index (χ1v) is 10.5. The van der Waals surface area contributed by atoms with Gasteiger partial charge in [0.25, 0.3) is 0 Å². The highest BCUT2D eigenvalue weighted by atomic mass is 127. The molecule has 0 amide bonds. The van der Waals surface area contributed by atoms with Gasteiger partial charge in [0.05, 0.1) is 18.7 Å². The Morgan fingerprint density at radius 2 is 1.61 bits per heavy atom. The van der Waals surface area contributed by atoms with Gasteiger partial charge in [-0.15, -0.1) is 24.0 Å². The van der Waals surface area contributed by atoms with Crippen LogP contribution in [-0.4, -0.2) is 49.2 Å². The van der Waals surface area contributed by atoms with Crippen molar-refractivity contribution in [2.45, 2.75) is 19.6 Å². The maximum Gasteiger partial charge on any atom is 0.191 e. The summed E-state index contributed by atoms with van der Waals surface area (Å²) in [7, 11) is 1.81. The Morgan fingerprint density at radius 3 is 2.39 bits per heavy atom. The summed E-state index contributed by atoms with van der Waals surface area (Å²) in [5.74, 6) is 0.789. The van der Waals surface area contributed by atoms with Crippen molar-refractivity contribution in [2.75, 3.05) is 33.4 Å². The second-order valence-corrected chi connectivity index (χ2v) is 7.42. The Kier molecular flexibility index (Phi) is 9.05. The monoisotopic (exact) mass is 531 g/mol. The summed E-state index contributed by atoms with van der Waals surface area (Å²) < 4.78 is 5.47. The number of halogens is 1. The number of hydrogen-bond acceptors (Lipinski definition) is 4. The van der Waals surface area contributed by atoms with Crippen molar-refractivity contribution in [1.29, 1.82) is 0 Å². The van der Waals surface area contributed by atoms with E-state index in [1.54, 1.807) is 7.05 Å². The molecule has 0 bridgehead atoms. The Hall–Kier alpha value is -2.23. The molecule has 0 saturated carbocycles. The minimum absolute atomic E-state index is 0. The minimum atomic E-state index is 0. The van der Waals surface area contributed by atoms with Crippen LogP contribution in [0, 0.1) is 0 Å². The van der Waals surface area contributed by atoms with Crippen LogP contribution in [0.3, 0.4) is 0 Å². The lowest BCUT2D eigenvalue weighted by atomic mass is 10.1. The maximum absolute atomic E-state index is 5.47. The molecule has 0 aliphatic carbocycles. The number of guanidine groups is 1. The fourth-order valence-electron chi connectivity index (χ4n) is 3.77. The Bertz CT molecular complexity index is 999. The minimum Gasteiger partial charge on any atom is -0.379 e. The molecule has 31 heavy (non-hydrogen) atoms. The van der Waals surface area contributed by atoms with Gasteiger partial charge >= 0.3 is 0 Å². The van der Waals surface area contributed by atoms with Gasteiger partial charge in [-0.2, -0.15) is 0 Å². The molecule has 7 heteroatoms. The molecule has 1 fully saturated rings.